The largest absolute Gasteiger partial charge is 0.400 e. The number of benzene rings is 1. The molecule has 0 bridgehead atoms. The zero-order chi connectivity index (χ0) is 17.1. The number of unbranched alkanes of at least 4 members (excludes halogenated alkanes) is 5. The van der Waals surface area contributed by atoms with Crippen molar-refractivity contribution in [1.82, 2.24) is 5.43 Å². The lowest BCUT2D eigenvalue weighted by Gasteiger charge is -2.20. The lowest BCUT2D eigenvalue weighted by atomic mass is 10.0. The minimum Gasteiger partial charge on any atom is -0.400 e. The molecule has 0 saturated carbocycles. The number of nitrogens with two attached hydrogens (primary N) is 1. The van der Waals surface area contributed by atoms with Gasteiger partial charge in [-0.15, -0.1) is 0 Å². The van der Waals surface area contributed by atoms with Crippen LogP contribution in [0, 0.1) is 0 Å². The van der Waals surface area contributed by atoms with Gasteiger partial charge in [0.05, 0.1) is 12.2 Å². The summed E-state index contributed by atoms with van der Waals surface area (Å²) in [7, 11) is 1.00. The topological polar surface area (TPSA) is 61.5 Å². The summed E-state index contributed by atoms with van der Waals surface area (Å²) < 4.78 is 0. The summed E-state index contributed by atoms with van der Waals surface area (Å²) in [6.45, 7) is 6.06. The van der Waals surface area contributed by atoms with Crippen LogP contribution in [-0.2, 0) is 6.42 Å². The molecule has 23 heavy (non-hydrogen) atoms. The Balaban J connectivity index is 0.00000127. The van der Waals surface area contributed by atoms with Gasteiger partial charge in [0, 0.05) is 19.2 Å². The number of nitrogens with zero attached hydrogens (tertiary/aromatic N) is 1. The lowest BCUT2D eigenvalue weighted by molar-refractivity contribution is 0.399. The molecule has 0 spiro atoms. The highest BCUT2D eigenvalue weighted by Crippen LogP contribution is 2.20. The number of hydrogen-bond donors (Lipinski definition) is 3. The Labute approximate surface area is 142 Å². The van der Waals surface area contributed by atoms with Crippen LogP contribution in [0.1, 0.15) is 57.9 Å². The van der Waals surface area contributed by atoms with Crippen molar-refractivity contribution in [3.05, 3.63) is 29.8 Å². The van der Waals surface area contributed by atoms with Gasteiger partial charge in [0.1, 0.15) is 0 Å². The lowest BCUT2D eigenvalue weighted by Crippen LogP contribution is -2.41. The number of anilines is 1. The van der Waals surface area contributed by atoms with E-state index in [0.717, 1.165) is 20.2 Å². The molecular formula is C19H35N3O. The van der Waals surface area contributed by atoms with Crippen LogP contribution in [0.3, 0.4) is 0 Å². The first kappa shape index (κ1) is 19.9. The fourth-order valence-corrected chi connectivity index (χ4v) is 2.88. The van der Waals surface area contributed by atoms with E-state index in [-0.39, 0.29) is 5.54 Å². The van der Waals surface area contributed by atoms with Crippen LogP contribution in [-0.4, -0.2) is 30.8 Å². The van der Waals surface area contributed by atoms with Crippen LogP contribution in [0.25, 0.3) is 0 Å². The Hall–Kier alpha value is -1.10. The number of aliphatic hydroxyl groups is 1. The van der Waals surface area contributed by atoms with Gasteiger partial charge in [-0.3, -0.25) is 0 Å². The van der Waals surface area contributed by atoms with E-state index in [1.807, 2.05) is 0 Å². The van der Waals surface area contributed by atoms with Crippen LogP contribution >= 0.6 is 0 Å². The summed E-state index contributed by atoms with van der Waals surface area (Å²) in [5.74, 6) is 0. The maximum Gasteiger partial charge on any atom is 0.0535 e. The fraction of sp³-hybridized carbons (Fsp3) is 0.684. The highest BCUT2D eigenvalue weighted by atomic mass is 16.2. The van der Waals surface area contributed by atoms with Gasteiger partial charge in [-0.2, -0.15) is 0 Å². The first-order valence-corrected chi connectivity index (χ1v) is 8.94. The van der Waals surface area contributed by atoms with Crippen molar-refractivity contribution in [2.75, 3.05) is 25.2 Å². The third-order valence-corrected chi connectivity index (χ3v) is 4.26. The van der Waals surface area contributed by atoms with E-state index in [2.05, 4.69) is 48.5 Å². The van der Waals surface area contributed by atoms with Gasteiger partial charge in [0.25, 0.3) is 0 Å². The van der Waals surface area contributed by atoms with Gasteiger partial charge < -0.3 is 15.8 Å². The van der Waals surface area contributed by atoms with E-state index in [1.54, 1.807) is 0 Å². The molecule has 4 nitrogen and oxygen atoms in total. The van der Waals surface area contributed by atoms with Crippen molar-refractivity contribution in [3.63, 3.8) is 0 Å². The summed E-state index contributed by atoms with van der Waals surface area (Å²) in [6, 6.07) is 8.94. The van der Waals surface area contributed by atoms with Crippen LogP contribution < -0.4 is 16.2 Å². The average molecular weight is 322 g/mol. The average Bonchev–Trinajstić information content (AvgIpc) is 2.93. The smallest absolute Gasteiger partial charge is 0.0535 e. The van der Waals surface area contributed by atoms with Crippen molar-refractivity contribution in [3.8, 4) is 0 Å². The molecule has 1 atom stereocenters. The highest BCUT2D eigenvalue weighted by molar-refractivity contribution is 5.48. The Bertz CT molecular complexity index is 417. The van der Waals surface area contributed by atoms with Crippen molar-refractivity contribution >= 4 is 5.69 Å². The number of rotatable bonds is 8. The minimum atomic E-state index is -0.128. The van der Waals surface area contributed by atoms with E-state index < -0.39 is 0 Å². The van der Waals surface area contributed by atoms with E-state index >= 15 is 0 Å². The van der Waals surface area contributed by atoms with E-state index in [4.69, 9.17) is 10.8 Å². The number of aryl methyl sites for hydroxylation is 1. The van der Waals surface area contributed by atoms with Gasteiger partial charge in [-0.25, -0.2) is 5.43 Å². The van der Waals surface area contributed by atoms with Crippen molar-refractivity contribution in [2.45, 2.75) is 64.3 Å². The number of aliphatic hydroxyl groups excluding tert-OH is 1. The summed E-state index contributed by atoms with van der Waals surface area (Å²) in [4.78, 5) is 0. The molecule has 1 unspecified atom stereocenters. The van der Waals surface area contributed by atoms with Crippen LogP contribution in [0.2, 0.25) is 0 Å². The molecule has 0 aromatic heterocycles. The number of hydrazine groups is 1. The third-order valence-electron chi connectivity index (χ3n) is 4.26. The maximum absolute atomic E-state index is 7.00. The molecule has 2 rings (SSSR count). The molecule has 132 valence electrons. The van der Waals surface area contributed by atoms with Gasteiger partial charge in [0.2, 0.25) is 0 Å². The summed E-state index contributed by atoms with van der Waals surface area (Å²) >= 11 is 0. The second-order valence-electron chi connectivity index (χ2n) is 6.76. The second-order valence-corrected chi connectivity index (χ2v) is 6.76. The normalized spacial score (nSPS) is 20.3. The first-order valence-electron chi connectivity index (χ1n) is 8.94. The molecule has 1 aliphatic heterocycles. The maximum atomic E-state index is 7.00. The predicted molar refractivity (Wildman–Crippen MR) is 99.6 cm³/mol. The SMILES string of the molecule is CCCCCCCCc1ccc(N2CC(C)(N)CN2)cc1.CO. The summed E-state index contributed by atoms with van der Waals surface area (Å²) in [5.41, 5.74) is 12.0. The van der Waals surface area contributed by atoms with E-state index in [9.17, 15) is 0 Å². The zero-order valence-electron chi connectivity index (χ0n) is 15.1. The summed E-state index contributed by atoms with van der Waals surface area (Å²) in [6.07, 6.45) is 9.37. The van der Waals surface area contributed by atoms with Gasteiger partial charge in [-0.05, 0) is 37.5 Å². The molecule has 4 N–H and O–H groups in total. The Morgan fingerprint density at radius 3 is 2.26 bits per heavy atom. The van der Waals surface area contributed by atoms with Crippen LogP contribution in [0.4, 0.5) is 5.69 Å². The molecular weight excluding hydrogens is 286 g/mol. The molecule has 1 saturated heterocycles. The predicted octanol–water partition coefficient (Wildman–Crippen LogP) is 3.24. The molecule has 1 fully saturated rings. The Morgan fingerprint density at radius 1 is 1.09 bits per heavy atom. The van der Waals surface area contributed by atoms with Crippen molar-refractivity contribution in [2.24, 2.45) is 5.73 Å². The van der Waals surface area contributed by atoms with Gasteiger partial charge >= 0.3 is 0 Å². The van der Waals surface area contributed by atoms with Crippen LogP contribution in [0.15, 0.2) is 24.3 Å². The molecule has 0 radical (unpaired) electrons. The van der Waals surface area contributed by atoms with E-state index in [0.29, 0.717) is 0 Å². The fourth-order valence-electron chi connectivity index (χ4n) is 2.88. The molecule has 1 aromatic rings. The monoisotopic (exact) mass is 321 g/mol. The molecule has 4 heteroatoms. The van der Waals surface area contributed by atoms with Crippen molar-refractivity contribution < 1.29 is 5.11 Å². The van der Waals surface area contributed by atoms with Crippen molar-refractivity contribution in [1.29, 1.82) is 0 Å². The first-order chi connectivity index (χ1) is 11.1. The summed E-state index contributed by atoms with van der Waals surface area (Å²) in [5, 5.41) is 9.16. The third kappa shape index (κ3) is 7.34. The minimum absolute atomic E-state index is 0.128. The molecule has 0 amide bonds. The zero-order valence-corrected chi connectivity index (χ0v) is 15.1. The molecule has 1 heterocycles. The number of hydrogen-bond acceptors (Lipinski definition) is 4. The van der Waals surface area contributed by atoms with Gasteiger partial charge in [0.15, 0.2) is 0 Å². The Morgan fingerprint density at radius 2 is 1.70 bits per heavy atom. The van der Waals surface area contributed by atoms with Crippen LogP contribution in [0.5, 0.6) is 0 Å². The Kier molecular flexibility index (Phi) is 9.22. The standard InChI is InChI=1S/C18H31N3.CH4O/c1-3-4-5-6-7-8-9-16-10-12-17(13-11-16)21-15-18(2,19)14-20-21;1-2/h10-13,20H,3-9,14-15,19H2,1-2H3;2H,1H3. The highest BCUT2D eigenvalue weighted by Gasteiger charge is 2.29. The molecule has 0 aliphatic carbocycles. The van der Waals surface area contributed by atoms with E-state index in [1.165, 1.54) is 56.2 Å². The molecule has 1 aromatic carbocycles. The molecule has 1 aliphatic rings. The van der Waals surface area contributed by atoms with Gasteiger partial charge in [-0.1, -0.05) is 51.2 Å². The number of nitrogens with one attached hydrogen (secondary N) is 1. The second kappa shape index (κ2) is 10.6. The quantitative estimate of drug-likeness (QED) is 0.643.